The van der Waals surface area contributed by atoms with Gasteiger partial charge in [-0.25, -0.2) is 0 Å². The van der Waals surface area contributed by atoms with Gasteiger partial charge in [0, 0.05) is 12.1 Å². The third kappa shape index (κ3) is 3.01. The highest BCUT2D eigenvalue weighted by Crippen LogP contribution is 2.37. The maximum atomic E-state index is 12.3. The van der Waals surface area contributed by atoms with E-state index >= 15 is 0 Å². The molecule has 2 fully saturated rings. The lowest BCUT2D eigenvalue weighted by Gasteiger charge is -2.32. The molecule has 0 aromatic rings. The molecule has 2 aliphatic rings. The summed E-state index contributed by atoms with van der Waals surface area (Å²) >= 11 is 0. The molecule has 1 N–H and O–H groups in total. The number of nitrogens with one attached hydrogen (secondary N) is 1. The van der Waals surface area contributed by atoms with Crippen LogP contribution < -0.4 is 5.32 Å². The van der Waals surface area contributed by atoms with Gasteiger partial charge in [0.25, 0.3) is 0 Å². The lowest BCUT2D eigenvalue weighted by molar-refractivity contribution is -0.148. The fraction of sp³-hybridized carbons (Fsp3) is 0.938. The van der Waals surface area contributed by atoms with E-state index < -0.39 is 5.54 Å². The smallest absolute Gasteiger partial charge is 0.326 e. The number of likely N-dealkylation sites (tertiary alicyclic amines) is 1. The molecule has 0 radical (unpaired) electrons. The topological polar surface area (TPSA) is 41.6 Å². The third-order valence-electron chi connectivity index (χ3n) is 5.14. The lowest BCUT2D eigenvalue weighted by Crippen LogP contribution is -2.52. The van der Waals surface area contributed by atoms with Crippen LogP contribution in [0, 0.1) is 0 Å². The lowest BCUT2D eigenvalue weighted by atomic mass is 9.96. The maximum Gasteiger partial charge on any atom is 0.326 e. The fourth-order valence-electron chi connectivity index (χ4n) is 4.06. The van der Waals surface area contributed by atoms with Gasteiger partial charge in [0.15, 0.2) is 0 Å². The molecule has 1 heterocycles. The minimum Gasteiger partial charge on any atom is -0.468 e. The van der Waals surface area contributed by atoms with Gasteiger partial charge in [-0.3, -0.25) is 9.69 Å². The molecule has 3 atom stereocenters. The number of hydrogen-bond acceptors (Lipinski definition) is 4. The van der Waals surface area contributed by atoms with Crippen LogP contribution in [0.15, 0.2) is 0 Å². The van der Waals surface area contributed by atoms with Crippen LogP contribution in [-0.4, -0.2) is 48.7 Å². The van der Waals surface area contributed by atoms with Gasteiger partial charge in [0.1, 0.15) is 5.54 Å². The van der Waals surface area contributed by atoms with Crippen molar-refractivity contribution in [2.45, 2.75) is 76.4 Å². The van der Waals surface area contributed by atoms with Crippen LogP contribution in [0.3, 0.4) is 0 Å². The van der Waals surface area contributed by atoms with E-state index in [1.54, 1.807) is 0 Å². The van der Waals surface area contributed by atoms with Crippen molar-refractivity contribution >= 4 is 5.97 Å². The Hall–Kier alpha value is -0.610. The molecule has 1 saturated carbocycles. The quantitative estimate of drug-likeness (QED) is 0.759. The first-order valence-electron chi connectivity index (χ1n) is 8.26. The maximum absolute atomic E-state index is 12.3. The summed E-state index contributed by atoms with van der Waals surface area (Å²) in [5, 5.41) is 3.48. The van der Waals surface area contributed by atoms with Crippen LogP contribution >= 0.6 is 0 Å². The van der Waals surface area contributed by atoms with Crippen molar-refractivity contribution in [2.24, 2.45) is 0 Å². The summed E-state index contributed by atoms with van der Waals surface area (Å²) in [6, 6.07) is 1.27. The summed E-state index contributed by atoms with van der Waals surface area (Å²) in [6.45, 7) is 6.51. The van der Waals surface area contributed by atoms with E-state index in [0.29, 0.717) is 6.04 Å². The van der Waals surface area contributed by atoms with Crippen LogP contribution in [0.2, 0.25) is 0 Å². The van der Waals surface area contributed by atoms with Crippen molar-refractivity contribution in [2.75, 3.05) is 20.2 Å². The Morgan fingerprint density at radius 2 is 2.20 bits per heavy atom. The Bertz CT molecular complexity index is 334. The van der Waals surface area contributed by atoms with Crippen molar-refractivity contribution < 1.29 is 9.53 Å². The van der Waals surface area contributed by atoms with Crippen LogP contribution in [-0.2, 0) is 9.53 Å². The molecule has 1 aliphatic heterocycles. The molecule has 116 valence electrons. The number of nitrogens with zero attached hydrogens (tertiary/aromatic N) is 1. The molecular weight excluding hydrogens is 252 g/mol. The molecular formula is C16H30N2O2. The molecule has 0 aromatic heterocycles. The molecule has 20 heavy (non-hydrogen) atoms. The average Bonchev–Trinajstić information content (AvgIpc) is 3.11. The summed E-state index contributed by atoms with van der Waals surface area (Å²) in [7, 11) is 1.51. The molecule has 4 nitrogen and oxygen atoms in total. The van der Waals surface area contributed by atoms with Gasteiger partial charge in [-0.05, 0) is 58.0 Å². The molecule has 0 spiro atoms. The average molecular weight is 282 g/mol. The van der Waals surface area contributed by atoms with E-state index in [9.17, 15) is 4.79 Å². The fourth-order valence-corrected chi connectivity index (χ4v) is 4.06. The van der Waals surface area contributed by atoms with Crippen molar-refractivity contribution in [3.8, 4) is 0 Å². The van der Waals surface area contributed by atoms with E-state index in [2.05, 4.69) is 24.1 Å². The molecule has 1 aliphatic carbocycles. The highest BCUT2D eigenvalue weighted by atomic mass is 16.5. The predicted octanol–water partition coefficient (Wildman–Crippen LogP) is 2.32. The minimum absolute atomic E-state index is 0.0688. The normalized spacial score (nSPS) is 34.5. The van der Waals surface area contributed by atoms with E-state index in [0.717, 1.165) is 38.3 Å². The molecule has 0 aromatic carbocycles. The first-order valence-corrected chi connectivity index (χ1v) is 8.26. The van der Waals surface area contributed by atoms with E-state index in [-0.39, 0.29) is 5.97 Å². The van der Waals surface area contributed by atoms with Gasteiger partial charge in [-0.15, -0.1) is 0 Å². The zero-order chi connectivity index (χ0) is 14.6. The van der Waals surface area contributed by atoms with Gasteiger partial charge in [0.2, 0.25) is 0 Å². The first-order chi connectivity index (χ1) is 9.66. The number of carbonyl (C=O) groups is 1. The predicted molar refractivity (Wildman–Crippen MR) is 80.7 cm³/mol. The summed E-state index contributed by atoms with van der Waals surface area (Å²) in [4.78, 5) is 14.9. The summed E-state index contributed by atoms with van der Waals surface area (Å²) in [6.07, 6.45) is 7.84. The number of hydrogen-bond donors (Lipinski definition) is 1. The van der Waals surface area contributed by atoms with Crippen LogP contribution in [0.4, 0.5) is 0 Å². The first kappa shape index (κ1) is 15.8. The van der Waals surface area contributed by atoms with Gasteiger partial charge < -0.3 is 10.1 Å². The second-order valence-electron chi connectivity index (χ2n) is 6.34. The summed E-state index contributed by atoms with van der Waals surface area (Å²) < 4.78 is 5.08. The zero-order valence-corrected chi connectivity index (χ0v) is 13.3. The van der Waals surface area contributed by atoms with E-state index in [1.165, 1.54) is 32.9 Å². The third-order valence-corrected chi connectivity index (χ3v) is 5.14. The summed E-state index contributed by atoms with van der Waals surface area (Å²) in [5.41, 5.74) is -0.434. The second kappa shape index (κ2) is 6.90. The van der Waals surface area contributed by atoms with Crippen LogP contribution in [0.5, 0.6) is 0 Å². The number of ether oxygens (including phenoxy) is 1. The summed E-state index contributed by atoms with van der Waals surface area (Å²) in [5.74, 6) is -0.0688. The Morgan fingerprint density at radius 3 is 2.85 bits per heavy atom. The van der Waals surface area contributed by atoms with E-state index in [1.807, 2.05) is 0 Å². The Morgan fingerprint density at radius 1 is 1.40 bits per heavy atom. The van der Waals surface area contributed by atoms with Crippen molar-refractivity contribution in [1.29, 1.82) is 0 Å². The molecule has 0 bridgehead atoms. The Kier molecular flexibility index (Phi) is 5.44. The number of rotatable bonds is 6. The molecule has 4 heteroatoms. The zero-order valence-electron chi connectivity index (χ0n) is 13.3. The van der Waals surface area contributed by atoms with Gasteiger partial charge >= 0.3 is 5.97 Å². The van der Waals surface area contributed by atoms with Crippen molar-refractivity contribution in [3.05, 3.63) is 0 Å². The van der Waals surface area contributed by atoms with Gasteiger partial charge in [-0.1, -0.05) is 13.8 Å². The van der Waals surface area contributed by atoms with Gasteiger partial charge in [-0.2, -0.15) is 0 Å². The second-order valence-corrected chi connectivity index (χ2v) is 6.34. The number of esters is 1. The SMILES string of the molecule is CCCNC1(C(=O)OC)CCC(N2CCCC2CC)C1. The number of methoxy groups -OCH3 is 1. The minimum atomic E-state index is -0.434. The van der Waals surface area contributed by atoms with Crippen molar-refractivity contribution in [1.82, 2.24) is 10.2 Å². The Labute approximate surface area is 123 Å². The Balaban J connectivity index is 2.04. The number of carbonyl (C=O) groups excluding carboxylic acids is 1. The van der Waals surface area contributed by atoms with Gasteiger partial charge in [0.05, 0.1) is 7.11 Å². The standard InChI is InChI=1S/C16H30N2O2/c1-4-10-17-16(15(19)20-3)9-8-14(12-16)18-11-6-7-13(18)5-2/h13-14,17H,4-12H2,1-3H3. The van der Waals surface area contributed by atoms with Crippen LogP contribution in [0.1, 0.15) is 58.8 Å². The molecule has 0 amide bonds. The van der Waals surface area contributed by atoms with Crippen molar-refractivity contribution in [3.63, 3.8) is 0 Å². The monoisotopic (exact) mass is 282 g/mol. The van der Waals surface area contributed by atoms with E-state index in [4.69, 9.17) is 4.74 Å². The molecule has 2 rings (SSSR count). The highest BCUT2D eigenvalue weighted by Gasteiger charge is 2.48. The molecule has 3 unspecified atom stereocenters. The van der Waals surface area contributed by atoms with Crippen LogP contribution in [0.25, 0.3) is 0 Å². The highest BCUT2D eigenvalue weighted by molar-refractivity contribution is 5.81. The molecule has 1 saturated heterocycles. The largest absolute Gasteiger partial charge is 0.468 e.